The topological polar surface area (TPSA) is 46.6 Å². The van der Waals surface area contributed by atoms with Crippen LogP contribution in [0.2, 0.25) is 0 Å². The van der Waals surface area contributed by atoms with Crippen molar-refractivity contribution in [1.29, 1.82) is 0 Å². The Kier molecular flexibility index (Phi) is 3.87. The van der Waals surface area contributed by atoms with Gasteiger partial charge < -0.3 is 4.74 Å². The standard InChI is InChI=1S/C17H14FNO3/c18-14-9-5-4-8-13(14)10-16(20)19-15(11-22-17(19)21)12-6-2-1-3-7-12/h1-9,15H,10-11H2/t15-/m0/s1. The highest BCUT2D eigenvalue weighted by molar-refractivity contribution is 5.94. The molecule has 1 aliphatic rings. The molecule has 0 bridgehead atoms. The number of ether oxygens (including phenoxy) is 1. The SMILES string of the molecule is O=C(Cc1ccccc1F)N1C(=O)OC[C@H]1c1ccccc1. The number of benzene rings is 2. The fourth-order valence-corrected chi connectivity index (χ4v) is 2.51. The summed E-state index contributed by atoms with van der Waals surface area (Å²) in [4.78, 5) is 25.4. The molecule has 3 rings (SSSR count). The van der Waals surface area contributed by atoms with Crippen LogP contribution in [0.4, 0.5) is 9.18 Å². The summed E-state index contributed by atoms with van der Waals surface area (Å²) in [5.41, 5.74) is 1.08. The minimum absolute atomic E-state index is 0.117. The van der Waals surface area contributed by atoms with Gasteiger partial charge in [-0.15, -0.1) is 0 Å². The molecule has 112 valence electrons. The summed E-state index contributed by atoms with van der Waals surface area (Å²) < 4.78 is 18.7. The van der Waals surface area contributed by atoms with E-state index in [9.17, 15) is 14.0 Å². The third-order valence-electron chi connectivity index (χ3n) is 3.63. The van der Waals surface area contributed by atoms with Gasteiger partial charge in [0.05, 0.1) is 6.42 Å². The highest BCUT2D eigenvalue weighted by atomic mass is 19.1. The van der Waals surface area contributed by atoms with Gasteiger partial charge in [-0.05, 0) is 17.2 Å². The maximum absolute atomic E-state index is 13.7. The van der Waals surface area contributed by atoms with Gasteiger partial charge in [0.2, 0.25) is 5.91 Å². The van der Waals surface area contributed by atoms with Crippen LogP contribution in [0.5, 0.6) is 0 Å². The Morgan fingerprint density at radius 3 is 2.55 bits per heavy atom. The van der Waals surface area contributed by atoms with E-state index in [1.165, 1.54) is 12.1 Å². The van der Waals surface area contributed by atoms with Crippen LogP contribution in [0.3, 0.4) is 0 Å². The van der Waals surface area contributed by atoms with Crippen LogP contribution < -0.4 is 0 Å². The first-order chi connectivity index (χ1) is 10.7. The van der Waals surface area contributed by atoms with Gasteiger partial charge >= 0.3 is 6.09 Å². The van der Waals surface area contributed by atoms with Gasteiger partial charge in [0.25, 0.3) is 0 Å². The molecule has 0 saturated carbocycles. The summed E-state index contributed by atoms with van der Waals surface area (Å²) >= 11 is 0. The van der Waals surface area contributed by atoms with Crippen molar-refractivity contribution in [2.75, 3.05) is 6.61 Å². The molecule has 0 unspecified atom stereocenters. The molecule has 1 atom stereocenters. The molecular weight excluding hydrogens is 285 g/mol. The third kappa shape index (κ3) is 2.70. The molecule has 1 heterocycles. The number of imide groups is 1. The number of hydrogen-bond acceptors (Lipinski definition) is 3. The highest BCUT2D eigenvalue weighted by Crippen LogP contribution is 2.28. The number of rotatable bonds is 3. The molecule has 2 aromatic carbocycles. The normalized spacial score (nSPS) is 17.4. The van der Waals surface area contributed by atoms with Gasteiger partial charge in [-0.3, -0.25) is 4.79 Å². The van der Waals surface area contributed by atoms with E-state index in [1.54, 1.807) is 12.1 Å². The molecule has 22 heavy (non-hydrogen) atoms. The Hall–Kier alpha value is -2.69. The van der Waals surface area contributed by atoms with Crippen LogP contribution in [0.15, 0.2) is 54.6 Å². The monoisotopic (exact) mass is 299 g/mol. The molecule has 0 N–H and O–H groups in total. The van der Waals surface area contributed by atoms with Crippen LogP contribution in [0.25, 0.3) is 0 Å². The highest BCUT2D eigenvalue weighted by Gasteiger charge is 2.38. The predicted molar refractivity (Wildman–Crippen MR) is 77.5 cm³/mol. The van der Waals surface area contributed by atoms with Crippen LogP contribution in [0, 0.1) is 5.82 Å². The lowest BCUT2D eigenvalue weighted by Gasteiger charge is -2.20. The quantitative estimate of drug-likeness (QED) is 0.875. The van der Waals surface area contributed by atoms with E-state index in [0.717, 1.165) is 10.5 Å². The van der Waals surface area contributed by atoms with E-state index >= 15 is 0 Å². The average Bonchev–Trinajstić information content (AvgIpc) is 2.92. The van der Waals surface area contributed by atoms with E-state index in [-0.39, 0.29) is 18.6 Å². The fourth-order valence-electron chi connectivity index (χ4n) is 2.51. The first-order valence-electron chi connectivity index (χ1n) is 6.94. The maximum Gasteiger partial charge on any atom is 0.417 e. The zero-order valence-electron chi connectivity index (χ0n) is 11.7. The summed E-state index contributed by atoms with van der Waals surface area (Å²) in [6, 6.07) is 14.7. The number of hydrogen-bond donors (Lipinski definition) is 0. The molecule has 0 spiro atoms. The van der Waals surface area contributed by atoms with Crippen LogP contribution in [-0.2, 0) is 16.0 Å². The molecule has 5 heteroatoms. The fraction of sp³-hybridized carbons (Fsp3) is 0.176. The summed E-state index contributed by atoms with van der Waals surface area (Å²) in [7, 11) is 0. The molecule has 0 aliphatic carbocycles. The van der Waals surface area contributed by atoms with Crippen LogP contribution in [-0.4, -0.2) is 23.5 Å². The number of carbonyl (C=O) groups excluding carboxylic acids is 2. The van der Waals surface area contributed by atoms with Gasteiger partial charge in [0.1, 0.15) is 18.5 Å². The van der Waals surface area contributed by atoms with E-state index < -0.39 is 23.9 Å². The van der Waals surface area contributed by atoms with Gasteiger partial charge in [-0.25, -0.2) is 14.1 Å². The van der Waals surface area contributed by atoms with Crippen molar-refractivity contribution in [1.82, 2.24) is 4.90 Å². The van der Waals surface area contributed by atoms with Gasteiger partial charge in [-0.2, -0.15) is 0 Å². The lowest BCUT2D eigenvalue weighted by atomic mass is 10.1. The predicted octanol–water partition coefficient (Wildman–Crippen LogP) is 3.09. The number of nitrogens with zero attached hydrogens (tertiary/aromatic N) is 1. The Morgan fingerprint density at radius 1 is 1.14 bits per heavy atom. The smallest absolute Gasteiger partial charge is 0.417 e. The number of amides is 2. The van der Waals surface area contributed by atoms with Gasteiger partial charge in [0.15, 0.2) is 0 Å². The Balaban J connectivity index is 1.83. The minimum atomic E-state index is -0.685. The molecule has 2 amide bonds. The van der Waals surface area contributed by atoms with E-state index in [2.05, 4.69) is 0 Å². The largest absolute Gasteiger partial charge is 0.446 e. The van der Waals surface area contributed by atoms with E-state index in [0.29, 0.717) is 0 Å². The average molecular weight is 299 g/mol. The molecule has 1 fully saturated rings. The minimum Gasteiger partial charge on any atom is -0.446 e. The number of halogens is 1. The van der Waals surface area contributed by atoms with Crippen molar-refractivity contribution in [2.24, 2.45) is 0 Å². The number of cyclic esters (lactones) is 1. The lowest BCUT2D eigenvalue weighted by Crippen LogP contribution is -2.35. The summed E-state index contributed by atoms with van der Waals surface area (Å²) in [6.07, 6.45) is -0.860. The summed E-state index contributed by atoms with van der Waals surface area (Å²) in [5.74, 6) is -0.930. The molecule has 2 aromatic rings. The molecule has 0 radical (unpaired) electrons. The first-order valence-corrected chi connectivity index (χ1v) is 6.94. The van der Waals surface area contributed by atoms with Gasteiger partial charge in [0, 0.05) is 0 Å². The second kappa shape index (κ2) is 5.97. The molecular formula is C17H14FNO3. The molecule has 1 saturated heterocycles. The lowest BCUT2D eigenvalue weighted by molar-refractivity contribution is -0.128. The zero-order valence-corrected chi connectivity index (χ0v) is 11.7. The van der Waals surface area contributed by atoms with Crippen molar-refractivity contribution < 1.29 is 18.7 Å². The van der Waals surface area contributed by atoms with E-state index in [4.69, 9.17) is 4.74 Å². The second-order valence-electron chi connectivity index (χ2n) is 5.04. The Bertz CT molecular complexity index is 702. The third-order valence-corrected chi connectivity index (χ3v) is 3.63. The van der Waals surface area contributed by atoms with Crippen molar-refractivity contribution >= 4 is 12.0 Å². The molecule has 0 aromatic heterocycles. The molecule has 1 aliphatic heterocycles. The van der Waals surface area contributed by atoms with Crippen molar-refractivity contribution in [3.8, 4) is 0 Å². The zero-order chi connectivity index (χ0) is 15.5. The second-order valence-corrected chi connectivity index (χ2v) is 5.04. The van der Waals surface area contributed by atoms with Crippen LogP contribution >= 0.6 is 0 Å². The van der Waals surface area contributed by atoms with Crippen LogP contribution in [0.1, 0.15) is 17.2 Å². The summed E-state index contributed by atoms with van der Waals surface area (Å²) in [6.45, 7) is 0.117. The molecule has 4 nitrogen and oxygen atoms in total. The van der Waals surface area contributed by atoms with E-state index in [1.807, 2.05) is 30.3 Å². The first kappa shape index (κ1) is 14.3. The Morgan fingerprint density at radius 2 is 1.82 bits per heavy atom. The maximum atomic E-state index is 13.7. The Labute approximate surface area is 127 Å². The van der Waals surface area contributed by atoms with Gasteiger partial charge in [-0.1, -0.05) is 48.5 Å². The van der Waals surface area contributed by atoms with Crippen molar-refractivity contribution in [3.05, 3.63) is 71.5 Å². The summed E-state index contributed by atoms with van der Waals surface area (Å²) in [5, 5.41) is 0. The van der Waals surface area contributed by atoms with Crippen molar-refractivity contribution in [2.45, 2.75) is 12.5 Å². The van der Waals surface area contributed by atoms with Crippen molar-refractivity contribution in [3.63, 3.8) is 0 Å². The number of carbonyl (C=O) groups is 2.